The highest BCUT2D eigenvalue weighted by molar-refractivity contribution is 6.31. The Morgan fingerprint density at radius 1 is 1.25 bits per heavy atom. The molecule has 1 aromatic rings. The van der Waals surface area contributed by atoms with E-state index in [4.69, 9.17) is 11.6 Å². The Morgan fingerprint density at radius 2 is 1.95 bits per heavy atom. The lowest BCUT2D eigenvalue weighted by Gasteiger charge is -2.21. The summed E-state index contributed by atoms with van der Waals surface area (Å²) in [7, 11) is 0. The van der Waals surface area contributed by atoms with Crippen molar-refractivity contribution in [1.82, 2.24) is 4.90 Å². The number of amides is 2. The molecule has 1 spiro atoms. The van der Waals surface area contributed by atoms with Crippen molar-refractivity contribution in [2.24, 2.45) is 5.41 Å². The van der Waals surface area contributed by atoms with E-state index in [1.54, 1.807) is 6.07 Å². The van der Waals surface area contributed by atoms with Crippen LogP contribution in [-0.4, -0.2) is 16.7 Å². The molecule has 1 saturated carbocycles. The molecule has 1 aliphatic heterocycles. The summed E-state index contributed by atoms with van der Waals surface area (Å²) in [6.45, 7) is -0.0646. The molecule has 106 valence electrons. The largest absolute Gasteiger partial charge is 0.277 e. The fourth-order valence-corrected chi connectivity index (χ4v) is 3.53. The lowest BCUT2D eigenvalue weighted by Crippen LogP contribution is -2.34. The highest BCUT2D eigenvalue weighted by Gasteiger charge is 2.52. The summed E-state index contributed by atoms with van der Waals surface area (Å²) >= 11 is 5.97. The molecule has 0 atom stereocenters. The van der Waals surface area contributed by atoms with E-state index in [1.807, 2.05) is 0 Å². The third-order valence-electron chi connectivity index (χ3n) is 4.43. The minimum Gasteiger partial charge on any atom is -0.277 e. The first-order chi connectivity index (χ1) is 9.53. The van der Waals surface area contributed by atoms with Gasteiger partial charge in [0.1, 0.15) is 5.82 Å². The van der Waals surface area contributed by atoms with Gasteiger partial charge < -0.3 is 0 Å². The predicted octanol–water partition coefficient (Wildman–Crippen LogP) is 3.30. The maximum Gasteiger partial charge on any atom is 0.236 e. The highest BCUT2D eigenvalue weighted by atomic mass is 35.5. The minimum atomic E-state index is -0.519. The van der Waals surface area contributed by atoms with Gasteiger partial charge in [0.25, 0.3) is 0 Å². The number of hydrogen-bond donors (Lipinski definition) is 0. The zero-order chi connectivity index (χ0) is 14.3. The Hall–Kier alpha value is -1.42. The summed E-state index contributed by atoms with van der Waals surface area (Å²) in [5.74, 6) is -0.846. The summed E-state index contributed by atoms with van der Waals surface area (Å²) in [6, 6.07) is 4.36. The Bertz CT molecular complexity index is 561. The SMILES string of the molecule is O=C1CC2(CCCC2)C(=O)N1Cc1c(F)cccc1Cl. The van der Waals surface area contributed by atoms with Gasteiger partial charge in [-0.3, -0.25) is 14.5 Å². The molecule has 0 aromatic heterocycles. The van der Waals surface area contributed by atoms with Crippen molar-refractivity contribution in [1.29, 1.82) is 0 Å². The van der Waals surface area contributed by atoms with Crippen molar-refractivity contribution >= 4 is 23.4 Å². The number of carbonyl (C=O) groups excluding carboxylic acids is 2. The van der Waals surface area contributed by atoms with Gasteiger partial charge >= 0.3 is 0 Å². The number of imide groups is 1. The number of hydrogen-bond acceptors (Lipinski definition) is 2. The van der Waals surface area contributed by atoms with Crippen molar-refractivity contribution in [3.05, 3.63) is 34.6 Å². The quantitative estimate of drug-likeness (QED) is 0.785. The average Bonchev–Trinajstić information content (AvgIpc) is 2.95. The van der Waals surface area contributed by atoms with Gasteiger partial charge in [-0.15, -0.1) is 0 Å². The average molecular weight is 296 g/mol. The lowest BCUT2D eigenvalue weighted by atomic mass is 9.84. The highest BCUT2D eigenvalue weighted by Crippen LogP contribution is 2.47. The van der Waals surface area contributed by atoms with E-state index in [2.05, 4.69) is 0 Å². The number of halogens is 2. The first kappa shape index (κ1) is 13.6. The summed E-state index contributed by atoms with van der Waals surface area (Å²) in [5.41, 5.74) is -0.305. The van der Waals surface area contributed by atoms with Crippen molar-refractivity contribution < 1.29 is 14.0 Å². The number of benzene rings is 1. The van der Waals surface area contributed by atoms with E-state index >= 15 is 0 Å². The fraction of sp³-hybridized carbons (Fsp3) is 0.467. The van der Waals surface area contributed by atoms with Gasteiger partial charge in [-0.1, -0.05) is 30.5 Å². The van der Waals surface area contributed by atoms with Crippen LogP contribution in [0.4, 0.5) is 4.39 Å². The Kier molecular flexibility index (Phi) is 3.28. The molecular weight excluding hydrogens is 281 g/mol. The van der Waals surface area contributed by atoms with Crippen LogP contribution in [0.25, 0.3) is 0 Å². The first-order valence-corrected chi connectivity index (χ1v) is 7.19. The van der Waals surface area contributed by atoms with Crippen molar-refractivity contribution in [2.75, 3.05) is 0 Å². The van der Waals surface area contributed by atoms with Crippen LogP contribution in [0.1, 0.15) is 37.7 Å². The molecule has 3 nitrogen and oxygen atoms in total. The van der Waals surface area contributed by atoms with Crippen LogP contribution in [-0.2, 0) is 16.1 Å². The van der Waals surface area contributed by atoms with E-state index in [-0.39, 0.29) is 35.4 Å². The number of likely N-dealkylation sites (tertiary alicyclic amines) is 1. The second-order valence-electron chi connectivity index (χ2n) is 5.65. The van der Waals surface area contributed by atoms with E-state index < -0.39 is 11.2 Å². The van der Waals surface area contributed by atoms with Gasteiger partial charge in [0.15, 0.2) is 0 Å². The molecule has 1 saturated heterocycles. The maximum atomic E-state index is 13.8. The summed E-state index contributed by atoms with van der Waals surface area (Å²) in [5, 5.41) is 0.248. The summed E-state index contributed by atoms with van der Waals surface area (Å²) in [6.07, 6.45) is 3.75. The van der Waals surface area contributed by atoms with Crippen LogP contribution in [0.3, 0.4) is 0 Å². The van der Waals surface area contributed by atoms with E-state index in [0.29, 0.717) is 0 Å². The number of carbonyl (C=O) groups is 2. The second-order valence-corrected chi connectivity index (χ2v) is 6.06. The monoisotopic (exact) mass is 295 g/mol. The topological polar surface area (TPSA) is 37.4 Å². The Labute approximate surface area is 121 Å². The van der Waals surface area contributed by atoms with Crippen LogP contribution in [0.15, 0.2) is 18.2 Å². The van der Waals surface area contributed by atoms with Gasteiger partial charge in [0, 0.05) is 17.0 Å². The third kappa shape index (κ3) is 2.03. The van der Waals surface area contributed by atoms with Crippen molar-refractivity contribution in [2.45, 2.75) is 38.6 Å². The maximum absolute atomic E-state index is 13.8. The zero-order valence-electron chi connectivity index (χ0n) is 11.0. The van der Waals surface area contributed by atoms with Crippen LogP contribution in [0.2, 0.25) is 5.02 Å². The van der Waals surface area contributed by atoms with Crippen molar-refractivity contribution in [3.8, 4) is 0 Å². The molecule has 1 heterocycles. The molecule has 0 bridgehead atoms. The summed E-state index contributed by atoms with van der Waals surface area (Å²) < 4.78 is 13.8. The molecule has 1 aliphatic carbocycles. The van der Waals surface area contributed by atoms with Gasteiger partial charge in [0.05, 0.1) is 12.0 Å². The van der Waals surface area contributed by atoms with Crippen LogP contribution in [0, 0.1) is 11.2 Å². The van der Waals surface area contributed by atoms with E-state index in [1.165, 1.54) is 17.0 Å². The third-order valence-corrected chi connectivity index (χ3v) is 4.78. The van der Waals surface area contributed by atoms with E-state index in [0.717, 1.165) is 25.7 Å². The van der Waals surface area contributed by atoms with E-state index in [9.17, 15) is 14.0 Å². The molecule has 5 heteroatoms. The molecule has 0 unspecified atom stereocenters. The molecule has 3 rings (SSSR count). The second kappa shape index (κ2) is 4.85. The molecule has 20 heavy (non-hydrogen) atoms. The predicted molar refractivity (Wildman–Crippen MR) is 72.5 cm³/mol. The molecular formula is C15H15ClFNO2. The lowest BCUT2D eigenvalue weighted by molar-refractivity contribution is -0.142. The minimum absolute atomic E-state index is 0.0646. The van der Waals surface area contributed by atoms with Gasteiger partial charge in [-0.05, 0) is 25.0 Å². The molecule has 2 aliphatic rings. The summed E-state index contributed by atoms with van der Waals surface area (Å²) in [4.78, 5) is 25.8. The van der Waals surface area contributed by atoms with Gasteiger partial charge in [0.2, 0.25) is 11.8 Å². The van der Waals surface area contributed by atoms with Gasteiger partial charge in [-0.25, -0.2) is 4.39 Å². The molecule has 1 aromatic carbocycles. The molecule has 0 N–H and O–H groups in total. The van der Waals surface area contributed by atoms with Crippen LogP contribution < -0.4 is 0 Å². The zero-order valence-corrected chi connectivity index (χ0v) is 11.8. The molecule has 2 fully saturated rings. The Morgan fingerprint density at radius 3 is 2.60 bits per heavy atom. The number of nitrogens with zero attached hydrogens (tertiary/aromatic N) is 1. The fourth-order valence-electron chi connectivity index (χ4n) is 3.30. The van der Waals surface area contributed by atoms with Crippen LogP contribution >= 0.6 is 11.6 Å². The van der Waals surface area contributed by atoms with Crippen molar-refractivity contribution in [3.63, 3.8) is 0 Å². The number of rotatable bonds is 2. The van der Waals surface area contributed by atoms with Crippen LogP contribution in [0.5, 0.6) is 0 Å². The normalized spacial score (nSPS) is 21.2. The van der Waals surface area contributed by atoms with Gasteiger partial charge in [-0.2, -0.15) is 0 Å². The molecule has 2 amide bonds. The standard InChI is InChI=1S/C15H15ClFNO2/c16-11-4-3-5-12(17)10(11)9-18-13(19)8-15(14(18)20)6-1-2-7-15/h3-5H,1-2,6-9H2. The Balaban J connectivity index is 1.88. The molecule has 0 radical (unpaired) electrons. The first-order valence-electron chi connectivity index (χ1n) is 6.81. The smallest absolute Gasteiger partial charge is 0.236 e.